The highest BCUT2D eigenvalue weighted by atomic mass is 28.3. The van der Waals surface area contributed by atoms with E-state index in [0.29, 0.717) is 19.7 Å². The molecule has 0 bridgehead atoms. The second kappa shape index (κ2) is 7.29. The van der Waals surface area contributed by atoms with Crippen molar-refractivity contribution in [1.29, 1.82) is 0 Å². The lowest BCUT2D eigenvalue weighted by Gasteiger charge is -2.34. The molecule has 1 aliphatic carbocycles. The van der Waals surface area contributed by atoms with Gasteiger partial charge in [-0.1, -0.05) is 19.6 Å². The van der Waals surface area contributed by atoms with Gasteiger partial charge < -0.3 is 14.7 Å². The van der Waals surface area contributed by atoms with Gasteiger partial charge >= 0.3 is 6.16 Å². The fraction of sp³-hybridized carbons (Fsp3) is 0.933. The van der Waals surface area contributed by atoms with Gasteiger partial charge in [-0.05, 0) is 18.9 Å². The van der Waals surface area contributed by atoms with Crippen molar-refractivity contribution >= 4 is 14.2 Å². The lowest BCUT2D eigenvalue weighted by atomic mass is 10.1. The zero-order valence-electron chi connectivity index (χ0n) is 14.1. The van der Waals surface area contributed by atoms with Crippen molar-refractivity contribution in [2.45, 2.75) is 38.5 Å². The summed E-state index contributed by atoms with van der Waals surface area (Å²) < 4.78 is 5.14. The van der Waals surface area contributed by atoms with E-state index in [9.17, 15) is 9.90 Å². The Balaban J connectivity index is 1.59. The van der Waals surface area contributed by atoms with Gasteiger partial charge in [-0.3, -0.25) is 4.90 Å². The molecule has 0 aromatic rings. The van der Waals surface area contributed by atoms with Crippen molar-refractivity contribution < 1.29 is 19.5 Å². The van der Waals surface area contributed by atoms with Crippen LogP contribution in [0, 0.1) is 5.41 Å². The fourth-order valence-corrected chi connectivity index (χ4v) is 3.28. The lowest BCUT2D eigenvalue weighted by molar-refractivity contribution is -0.147. The number of nitrogens with zero attached hydrogens (tertiary/aromatic N) is 2. The highest BCUT2D eigenvalue weighted by molar-refractivity contribution is 6.76. The largest absolute Gasteiger partial charge is 0.527 e. The second-order valence-electron chi connectivity index (χ2n) is 7.86. The molecule has 1 heterocycles. The highest BCUT2D eigenvalue weighted by Crippen LogP contribution is 2.45. The molecule has 6 nitrogen and oxygen atoms in total. The average Bonchev–Trinajstić information content (AvgIpc) is 3.20. The van der Waals surface area contributed by atoms with Crippen molar-refractivity contribution in [3.05, 3.63) is 0 Å². The summed E-state index contributed by atoms with van der Waals surface area (Å²) in [6, 6.07) is 0.957. The molecular formula is C15H30N2O4Si. The second-order valence-corrected chi connectivity index (χ2v) is 13.5. The third-order valence-electron chi connectivity index (χ3n) is 4.46. The average molecular weight is 331 g/mol. The van der Waals surface area contributed by atoms with Crippen LogP contribution in [0.1, 0.15) is 12.8 Å². The molecule has 0 aromatic carbocycles. The van der Waals surface area contributed by atoms with Gasteiger partial charge in [0.1, 0.15) is 0 Å². The zero-order chi connectivity index (χ0) is 16.2. The normalized spacial score (nSPS) is 22.4. The number of hydrogen-bond acceptors (Lipinski definition) is 6. The van der Waals surface area contributed by atoms with Crippen LogP contribution in [-0.4, -0.2) is 75.2 Å². The van der Waals surface area contributed by atoms with E-state index in [0.717, 1.165) is 38.5 Å². The minimum atomic E-state index is -1.18. The minimum absolute atomic E-state index is 0.152. The summed E-state index contributed by atoms with van der Waals surface area (Å²) in [5.41, 5.74) is 0.152. The molecule has 1 saturated heterocycles. The molecule has 0 radical (unpaired) electrons. The van der Waals surface area contributed by atoms with Crippen LogP contribution in [0.15, 0.2) is 0 Å². The number of ether oxygens (including phenoxy) is 1. The van der Waals surface area contributed by atoms with Crippen LogP contribution >= 0.6 is 0 Å². The van der Waals surface area contributed by atoms with Crippen LogP contribution in [0.2, 0.25) is 25.7 Å². The fourth-order valence-electron chi connectivity index (χ4n) is 2.57. The Kier molecular flexibility index (Phi) is 5.87. The smallest absolute Gasteiger partial charge is 0.433 e. The summed E-state index contributed by atoms with van der Waals surface area (Å²) >= 11 is 0. The Morgan fingerprint density at radius 1 is 1.18 bits per heavy atom. The number of rotatable bonds is 7. The van der Waals surface area contributed by atoms with E-state index in [1.807, 2.05) is 0 Å². The van der Waals surface area contributed by atoms with E-state index in [4.69, 9.17) is 9.57 Å². The molecule has 0 unspecified atom stereocenters. The quantitative estimate of drug-likeness (QED) is 0.567. The van der Waals surface area contributed by atoms with Crippen LogP contribution in [-0.2, 0) is 9.57 Å². The number of hydroxylamine groups is 2. The number of hydrogen-bond donors (Lipinski definition) is 1. The molecular weight excluding hydrogens is 300 g/mol. The van der Waals surface area contributed by atoms with E-state index in [-0.39, 0.29) is 12.0 Å². The molecule has 1 aliphatic heterocycles. The molecule has 1 saturated carbocycles. The van der Waals surface area contributed by atoms with E-state index in [2.05, 4.69) is 24.5 Å². The first-order valence-corrected chi connectivity index (χ1v) is 12.0. The van der Waals surface area contributed by atoms with Gasteiger partial charge in [0.2, 0.25) is 0 Å². The third-order valence-corrected chi connectivity index (χ3v) is 6.16. The van der Waals surface area contributed by atoms with Crippen molar-refractivity contribution in [2.24, 2.45) is 5.41 Å². The molecule has 2 fully saturated rings. The minimum Gasteiger partial charge on any atom is -0.433 e. The van der Waals surface area contributed by atoms with Gasteiger partial charge in [0.15, 0.2) is 0 Å². The number of aliphatic hydroxyl groups excluding tert-OH is 1. The maximum atomic E-state index is 11.6. The van der Waals surface area contributed by atoms with Crippen LogP contribution in [0.4, 0.5) is 4.79 Å². The predicted molar refractivity (Wildman–Crippen MR) is 87.4 cm³/mol. The van der Waals surface area contributed by atoms with E-state index in [1.165, 1.54) is 0 Å². The molecule has 22 heavy (non-hydrogen) atoms. The molecule has 1 N–H and O–H groups in total. The number of aliphatic hydroxyl groups is 1. The summed E-state index contributed by atoms with van der Waals surface area (Å²) in [6.45, 7) is 11.6. The Morgan fingerprint density at radius 3 is 2.32 bits per heavy atom. The number of piperazine rings is 1. The van der Waals surface area contributed by atoms with Gasteiger partial charge in [-0.2, -0.15) is 0 Å². The lowest BCUT2D eigenvalue weighted by Crippen LogP contribution is -2.48. The molecule has 0 aromatic heterocycles. The first kappa shape index (κ1) is 17.7. The highest BCUT2D eigenvalue weighted by Gasteiger charge is 2.43. The summed E-state index contributed by atoms with van der Waals surface area (Å²) in [6.07, 6.45) is 1.67. The Morgan fingerprint density at radius 2 is 1.82 bits per heavy atom. The molecule has 7 heteroatoms. The summed E-state index contributed by atoms with van der Waals surface area (Å²) in [7, 11) is -1.18. The van der Waals surface area contributed by atoms with Crippen LogP contribution in [0.25, 0.3) is 0 Å². The molecule has 128 valence electrons. The monoisotopic (exact) mass is 330 g/mol. The summed E-state index contributed by atoms with van der Waals surface area (Å²) in [5.74, 6) is 0. The third kappa shape index (κ3) is 5.87. The van der Waals surface area contributed by atoms with Crippen LogP contribution in [0.5, 0.6) is 0 Å². The predicted octanol–water partition coefficient (Wildman–Crippen LogP) is 1.78. The number of carbonyl (C=O) groups excluding carboxylic acids is 1. The summed E-state index contributed by atoms with van der Waals surface area (Å²) in [5, 5.41) is 11.1. The van der Waals surface area contributed by atoms with Crippen molar-refractivity contribution in [3.63, 3.8) is 0 Å². The maximum Gasteiger partial charge on any atom is 0.527 e. The molecule has 0 amide bonds. The first-order valence-electron chi connectivity index (χ1n) is 8.25. The van der Waals surface area contributed by atoms with Crippen molar-refractivity contribution in [2.75, 3.05) is 45.9 Å². The van der Waals surface area contributed by atoms with Gasteiger partial charge in [-0.25, -0.2) is 4.79 Å². The molecule has 0 atom stereocenters. The molecule has 0 spiro atoms. The van der Waals surface area contributed by atoms with Crippen molar-refractivity contribution in [3.8, 4) is 0 Å². The molecule has 2 rings (SSSR count). The van der Waals surface area contributed by atoms with Gasteiger partial charge in [0.25, 0.3) is 0 Å². The standard InChI is InChI=1S/C15H30N2O4Si/c1-22(2,3)11-10-20-14(19)21-17-8-6-16(7-9-17)12-15(13-18)4-5-15/h18H,4-13H2,1-3H3. The van der Waals surface area contributed by atoms with Crippen LogP contribution in [0.3, 0.4) is 0 Å². The van der Waals surface area contributed by atoms with E-state index >= 15 is 0 Å². The van der Waals surface area contributed by atoms with Crippen molar-refractivity contribution in [1.82, 2.24) is 9.96 Å². The van der Waals surface area contributed by atoms with Gasteiger partial charge in [0, 0.05) is 52.8 Å². The number of carbonyl (C=O) groups is 1. The van der Waals surface area contributed by atoms with E-state index in [1.54, 1.807) is 5.06 Å². The van der Waals surface area contributed by atoms with Crippen LogP contribution < -0.4 is 0 Å². The zero-order valence-corrected chi connectivity index (χ0v) is 15.1. The Bertz CT molecular complexity index is 374. The Labute approximate surface area is 134 Å². The Hall–Kier alpha value is -0.633. The topological polar surface area (TPSA) is 62.2 Å². The first-order chi connectivity index (χ1) is 10.3. The maximum absolute atomic E-state index is 11.6. The van der Waals surface area contributed by atoms with Gasteiger partial charge in [0.05, 0.1) is 6.61 Å². The van der Waals surface area contributed by atoms with Gasteiger partial charge in [-0.15, -0.1) is 5.06 Å². The summed E-state index contributed by atoms with van der Waals surface area (Å²) in [4.78, 5) is 19.2. The SMILES string of the molecule is C[Si](C)(C)CCOC(=O)ON1CCN(CC2(CO)CC2)CC1. The van der Waals surface area contributed by atoms with E-state index < -0.39 is 14.2 Å². The molecule has 2 aliphatic rings.